The Morgan fingerprint density at radius 3 is 2.43 bits per heavy atom. The Labute approximate surface area is 135 Å². The maximum Gasteiger partial charge on any atom is 0.308 e. The molecule has 0 saturated heterocycles. The fraction of sp³-hybridized carbons (Fsp3) is 0.333. The third-order valence-electron chi connectivity index (χ3n) is 3.63. The summed E-state index contributed by atoms with van der Waals surface area (Å²) < 4.78 is 0. The van der Waals surface area contributed by atoms with Crippen molar-refractivity contribution in [1.82, 2.24) is 10.3 Å². The fourth-order valence-corrected chi connectivity index (χ4v) is 2.47. The quantitative estimate of drug-likeness (QED) is 0.734. The van der Waals surface area contributed by atoms with E-state index in [9.17, 15) is 14.7 Å². The van der Waals surface area contributed by atoms with E-state index in [0.717, 1.165) is 11.3 Å². The molecule has 0 bridgehead atoms. The van der Waals surface area contributed by atoms with Crippen molar-refractivity contribution in [3.63, 3.8) is 0 Å². The number of carbonyl (C=O) groups is 2. The molecule has 1 aromatic carbocycles. The van der Waals surface area contributed by atoms with Crippen molar-refractivity contribution in [1.29, 1.82) is 0 Å². The van der Waals surface area contributed by atoms with Crippen LogP contribution in [0.2, 0.25) is 0 Å². The van der Waals surface area contributed by atoms with Gasteiger partial charge in [-0.3, -0.25) is 9.59 Å². The first-order valence-corrected chi connectivity index (χ1v) is 7.72. The number of aromatic amines is 1. The third-order valence-corrected chi connectivity index (χ3v) is 3.63. The van der Waals surface area contributed by atoms with Crippen molar-refractivity contribution in [3.8, 4) is 11.3 Å². The number of aliphatic carboxylic acids is 1. The van der Waals surface area contributed by atoms with Crippen molar-refractivity contribution >= 4 is 11.9 Å². The summed E-state index contributed by atoms with van der Waals surface area (Å²) in [5.41, 5.74) is 2.28. The molecule has 1 aromatic heterocycles. The molecular weight excluding hydrogens is 292 g/mol. The number of nitrogens with one attached hydrogen (secondary N) is 2. The minimum absolute atomic E-state index is 0.131. The highest BCUT2D eigenvalue weighted by molar-refractivity contribution is 5.93. The van der Waals surface area contributed by atoms with Crippen LogP contribution in [0.25, 0.3) is 11.3 Å². The Kier molecular flexibility index (Phi) is 5.57. The Morgan fingerprint density at radius 2 is 1.83 bits per heavy atom. The molecule has 23 heavy (non-hydrogen) atoms. The van der Waals surface area contributed by atoms with Crippen molar-refractivity contribution in [3.05, 3.63) is 48.2 Å². The van der Waals surface area contributed by atoms with E-state index in [1.54, 1.807) is 6.07 Å². The molecule has 1 amide bonds. The first-order valence-electron chi connectivity index (χ1n) is 7.72. The SMILES string of the molecule is CC(C)CC(CNC(=O)c1ccc(-c2ccccc2)[nH]1)C(=O)O. The monoisotopic (exact) mass is 314 g/mol. The van der Waals surface area contributed by atoms with Gasteiger partial charge in [0.05, 0.1) is 5.92 Å². The third kappa shape index (κ3) is 4.71. The highest BCUT2D eigenvalue weighted by Crippen LogP contribution is 2.18. The van der Waals surface area contributed by atoms with Gasteiger partial charge in [-0.15, -0.1) is 0 Å². The van der Waals surface area contributed by atoms with Crippen LogP contribution >= 0.6 is 0 Å². The van der Waals surface area contributed by atoms with Crippen LogP contribution in [-0.4, -0.2) is 28.5 Å². The van der Waals surface area contributed by atoms with E-state index in [2.05, 4.69) is 10.3 Å². The van der Waals surface area contributed by atoms with Gasteiger partial charge in [0.2, 0.25) is 0 Å². The molecule has 0 radical (unpaired) electrons. The summed E-state index contributed by atoms with van der Waals surface area (Å²) in [6.45, 7) is 4.07. The number of amides is 1. The average molecular weight is 314 g/mol. The summed E-state index contributed by atoms with van der Waals surface area (Å²) in [5.74, 6) is -1.47. The molecule has 5 heteroatoms. The Morgan fingerprint density at radius 1 is 1.13 bits per heavy atom. The lowest BCUT2D eigenvalue weighted by atomic mass is 9.97. The molecule has 0 aliphatic rings. The highest BCUT2D eigenvalue weighted by Gasteiger charge is 2.20. The average Bonchev–Trinajstić information content (AvgIpc) is 3.01. The number of hydrogen-bond acceptors (Lipinski definition) is 2. The van der Waals surface area contributed by atoms with Crippen LogP contribution in [-0.2, 0) is 4.79 Å². The molecule has 3 N–H and O–H groups in total. The molecular formula is C18H22N2O3. The Hall–Kier alpha value is -2.56. The van der Waals surface area contributed by atoms with Gasteiger partial charge in [0, 0.05) is 12.2 Å². The summed E-state index contributed by atoms with van der Waals surface area (Å²) in [6.07, 6.45) is 0.537. The number of aromatic nitrogens is 1. The number of H-pyrrole nitrogens is 1. The second-order valence-electron chi connectivity index (χ2n) is 6.03. The fourth-order valence-electron chi connectivity index (χ4n) is 2.47. The molecule has 5 nitrogen and oxygen atoms in total. The van der Waals surface area contributed by atoms with E-state index >= 15 is 0 Å². The molecule has 2 aromatic rings. The summed E-state index contributed by atoms with van der Waals surface area (Å²) in [7, 11) is 0. The van der Waals surface area contributed by atoms with Gasteiger partial charge < -0.3 is 15.4 Å². The van der Waals surface area contributed by atoms with Gasteiger partial charge in [-0.2, -0.15) is 0 Å². The Bertz CT molecular complexity index is 662. The van der Waals surface area contributed by atoms with E-state index in [4.69, 9.17) is 0 Å². The lowest BCUT2D eigenvalue weighted by Gasteiger charge is -2.15. The van der Waals surface area contributed by atoms with Crippen LogP contribution < -0.4 is 5.32 Å². The van der Waals surface area contributed by atoms with Crippen LogP contribution in [0, 0.1) is 11.8 Å². The molecule has 0 spiro atoms. The maximum absolute atomic E-state index is 12.2. The van der Waals surface area contributed by atoms with Gasteiger partial charge in [0.25, 0.3) is 5.91 Å². The lowest BCUT2D eigenvalue weighted by molar-refractivity contribution is -0.142. The van der Waals surface area contributed by atoms with Crippen molar-refractivity contribution in [2.45, 2.75) is 20.3 Å². The van der Waals surface area contributed by atoms with E-state index in [-0.39, 0.29) is 18.4 Å². The number of carbonyl (C=O) groups excluding carboxylic acids is 1. The van der Waals surface area contributed by atoms with Gasteiger partial charge in [-0.1, -0.05) is 44.2 Å². The number of carboxylic acid groups (broad SMARTS) is 1. The first-order chi connectivity index (χ1) is 11.0. The molecule has 1 unspecified atom stereocenters. The predicted octanol–water partition coefficient (Wildman–Crippen LogP) is 3.16. The van der Waals surface area contributed by atoms with E-state index in [0.29, 0.717) is 12.1 Å². The summed E-state index contributed by atoms with van der Waals surface area (Å²) in [4.78, 5) is 26.4. The summed E-state index contributed by atoms with van der Waals surface area (Å²) >= 11 is 0. The zero-order valence-electron chi connectivity index (χ0n) is 13.4. The second kappa shape index (κ2) is 7.63. The molecule has 122 valence electrons. The summed E-state index contributed by atoms with van der Waals surface area (Å²) in [6, 6.07) is 13.2. The van der Waals surface area contributed by atoms with E-state index in [1.165, 1.54) is 0 Å². The van der Waals surface area contributed by atoms with Gasteiger partial charge in [-0.05, 0) is 30.0 Å². The van der Waals surface area contributed by atoms with Crippen molar-refractivity contribution < 1.29 is 14.7 Å². The first kappa shape index (κ1) is 16.8. The summed E-state index contributed by atoms with van der Waals surface area (Å²) in [5, 5.41) is 11.9. The normalized spacial score (nSPS) is 12.1. The largest absolute Gasteiger partial charge is 0.481 e. The number of benzene rings is 1. The molecule has 0 fully saturated rings. The van der Waals surface area contributed by atoms with Crippen LogP contribution in [0.5, 0.6) is 0 Å². The molecule has 1 heterocycles. The zero-order chi connectivity index (χ0) is 16.8. The number of hydrogen-bond donors (Lipinski definition) is 3. The molecule has 0 saturated carbocycles. The minimum Gasteiger partial charge on any atom is -0.481 e. The minimum atomic E-state index is -0.879. The van der Waals surface area contributed by atoms with Crippen LogP contribution in [0.15, 0.2) is 42.5 Å². The lowest BCUT2D eigenvalue weighted by Crippen LogP contribution is -2.33. The molecule has 0 aliphatic carbocycles. The van der Waals surface area contributed by atoms with E-state index < -0.39 is 11.9 Å². The van der Waals surface area contributed by atoms with Gasteiger partial charge in [-0.25, -0.2) is 0 Å². The smallest absolute Gasteiger partial charge is 0.308 e. The molecule has 2 rings (SSSR count). The Balaban J connectivity index is 1.98. The van der Waals surface area contributed by atoms with Crippen LogP contribution in [0.3, 0.4) is 0 Å². The zero-order valence-corrected chi connectivity index (χ0v) is 13.4. The van der Waals surface area contributed by atoms with Crippen LogP contribution in [0.1, 0.15) is 30.8 Å². The molecule has 1 atom stereocenters. The van der Waals surface area contributed by atoms with Crippen molar-refractivity contribution in [2.75, 3.05) is 6.54 Å². The highest BCUT2D eigenvalue weighted by atomic mass is 16.4. The van der Waals surface area contributed by atoms with Gasteiger partial charge in [0.1, 0.15) is 5.69 Å². The van der Waals surface area contributed by atoms with Gasteiger partial charge in [0.15, 0.2) is 0 Å². The second-order valence-corrected chi connectivity index (χ2v) is 6.03. The van der Waals surface area contributed by atoms with Crippen molar-refractivity contribution in [2.24, 2.45) is 11.8 Å². The number of rotatable bonds is 7. The van der Waals surface area contributed by atoms with Gasteiger partial charge >= 0.3 is 5.97 Å². The van der Waals surface area contributed by atoms with E-state index in [1.807, 2.05) is 50.2 Å². The maximum atomic E-state index is 12.2. The predicted molar refractivity (Wildman–Crippen MR) is 89.1 cm³/mol. The molecule has 0 aliphatic heterocycles. The number of carboxylic acids is 1. The topological polar surface area (TPSA) is 82.2 Å². The standard InChI is InChI=1S/C18H22N2O3/c1-12(2)10-14(18(22)23)11-19-17(21)16-9-8-15(20-16)13-6-4-3-5-7-13/h3-9,12,14,20H,10-11H2,1-2H3,(H,19,21)(H,22,23). The van der Waals surface area contributed by atoms with Crippen LogP contribution in [0.4, 0.5) is 0 Å².